The van der Waals surface area contributed by atoms with Gasteiger partial charge in [0.25, 0.3) is 0 Å². The summed E-state index contributed by atoms with van der Waals surface area (Å²) in [5.74, 6) is 0.745. The van der Waals surface area contributed by atoms with E-state index in [1.54, 1.807) is 0 Å². The smallest absolute Gasteiger partial charge is 0.119 e. The molecule has 0 heterocycles. The van der Waals surface area contributed by atoms with Gasteiger partial charge in [-0.2, -0.15) is 0 Å². The molecule has 2 rings (SSSR count). The molecule has 0 aliphatic rings. The van der Waals surface area contributed by atoms with Crippen molar-refractivity contribution >= 4 is 11.4 Å². The summed E-state index contributed by atoms with van der Waals surface area (Å²) < 4.78 is 5.27. The Labute approximate surface area is 106 Å². The van der Waals surface area contributed by atoms with Gasteiger partial charge in [-0.15, -0.1) is 0 Å². The van der Waals surface area contributed by atoms with Crippen LogP contribution < -0.4 is 15.6 Å². The molecule has 3 N–H and O–H groups in total. The SMILES string of the molecule is OCCOc1ccc(NNc2ccccc2)cc1. The van der Waals surface area contributed by atoms with Gasteiger partial charge >= 0.3 is 0 Å². The Bertz CT molecular complexity index is 457. The van der Waals surface area contributed by atoms with Crippen molar-refractivity contribution in [3.8, 4) is 5.75 Å². The Kier molecular flexibility index (Phi) is 4.44. The highest BCUT2D eigenvalue weighted by atomic mass is 16.5. The zero-order valence-corrected chi connectivity index (χ0v) is 9.97. The molecule has 0 bridgehead atoms. The fourth-order valence-corrected chi connectivity index (χ4v) is 1.46. The van der Waals surface area contributed by atoms with Crippen LogP contribution >= 0.6 is 0 Å². The quantitative estimate of drug-likeness (QED) is 0.683. The lowest BCUT2D eigenvalue weighted by atomic mass is 10.3. The van der Waals surface area contributed by atoms with Crippen molar-refractivity contribution in [3.63, 3.8) is 0 Å². The third-order valence-corrected chi connectivity index (χ3v) is 2.34. The van der Waals surface area contributed by atoms with E-state index in [-0.39, 0.29) is 6.61 Å². The maximum Gasteiger partial charge on any atom is 0.119 e. The first kappa shape index (κ1) is 12.3. The van der Waals surface area contributed by atoms with Crippen LogP contribution in [0, 0.1) is 0 Å². The van der Waals surface area contributed by atoms with Gasteiger partial charge in [0.2, 0.25) is 0 Å². The fraction of sp³-hybridized carbons (Fsp3) is 0.143. The van der Waals surface area contributed by atoms with Gasteiger partial charge in [0.15, 0.2) is 0 Å². The number of hydrogen-bond acceptors (Lipinski definition) is 4. The largest absolute Gasteiger partial charge is 0.491 e. The van der Waals surface area contributed by atoms with Crippen molar-refractivity contribution in [2.45, 2.75) is 0 Å². The normalized spacial score (nSPS) is 9.83. The van der Waals surface area contributed by atoms with Crippen LogP contribution in [0.15, 0.2) is 54.6 Å². The average Bonchev–Trinajstić information content (AvgIpc) is 2.45. The Morgan fingerprint density at radius 2 is 1.44 bits per heavy atom. The first-order valence-electron chi connectivity index (χ1n) is 5.79. The predicted octanol–water partition coefficient (Wildman–Crippen LogP) is 2.50. The molecular weight excluding hydrogens is 228 g/mol. The number of ether oxygens (including phenoxy) is 1. The lowest BCUT2D eigenvalue weighted by molar-refractivity contribution is 0.201. The summed E-state index contributed by atoms with van der Waals surface area (Å²) in [7, 11) is 0. The number of aliphatic hydroxyl groups is 1. The van der Waals surface area contributed by atoms with Crippen molar-refractivity contribution in [3.05, 3.63) is 54.6 Å². The monoisotopic (exact) mass is 244 g/mol. The Hall–Kier alpha value is -2.20. The zero-order chi connectivity index (χ0) is 12.6. The molecule has 4 heteroatoms. The van der Waals surface area contributed by atoms with Crippen LogP contribution in [-0.2, 0) is 0 Å². The van der Waals surface area contributed by atoms with Crippen molar-refractivity contribution in [2.75, 3.05) is 24.1 Å². The summed E-state index contributed by atoms with van der Waals surface area (Å²) in [6.45, 7) is 0.338. The Morgan fingerprint density at radius 1 is 0.833 bits per heavy atom. The van der Waals surface area contributed by atoms with Gasteiger partial charge < -0.3 is 20.7 Å². The van der Waals surface area contributed by atoms with Gasteiger partial charge in [-0.25, -0.2) is 0 Å². The molecule has 0 aliphatic heterocycles. The van der Waals surface area contributed by atoms with Crippen LogP contribution in [0.4, 0.5) is 11.4 Å². The summed E-state index contributed by atoms with van der Waals surface area (Å²) in [6.07, 6.45) is 0. The van der Waals surface area contributed by atoms with Gasteiger partial charge in [0.05, 0.1) is 18.0 Å². The summed E-state index contributed by atoms with van der Waals surface area (Å²) in [6, 6.07) is 17.4. The average molecular weight is 244 g/mol. The number of benzene rings is 2. The molecule has 2 aromatic rings. The molecule has 0 radical (unpaired) electrons. The topological polar surface area (TPSA) is 53.5 Å². The summed E-state index contributed by atoms with van der Waals surface area (Å²) >= 11 is 0. The third kappa shape index (κ3) is 3.68. The van der Waals surface area contributed by atoms with Crippen LogP contribution in [0.3, 0.4) is 0 Å². The van der Waals surface area contributed by atoms with Crippen LogP contribution in [-0.4, -0.2) is 18.3 Å². The van der Waals surface area contributed by atoms with Gasteiger partial charge in [0.1, 0.15) is 12.4 Å². The highest BCUT2D eigenvalue weighted by molar-refractivity contribution is 5.53. The summed E-state index contributed by atoms with van der Waals surface area (Å²) in [4.78, 5) is 0. The second kappa shape index (κ2) is 6.51. The molecule has 0 unspecified atom stereocenters. The number of para-hydroxylation sites is 1. The van der Waals surface area contributed by atoms with Crippen LogP contribution in [0.2, 0.25) is 0 Å². The van der Waals surface area contributed by atoms with Gasteiger partial charge in [-0.3, -0.25) is 0 Å². The number of aliphatic hydroxyl groups excluding tert-OH is 1. The molecule has 0 fully saturated rings. The molecule has 0 spiro atoms. The molecule has 4 nitrogen and oxygen atoms in total. The summed E-state index contributed by atoms with van der Waals surface area (Å²) in [5, 5.41) is 8.65. The van der Waals surface area contributed by atoms with Gasteiger partial charge in [-0.1, -0.05) is 18.2 Å². The molecule has 0 aliphatic carbocycles. The Morgan fingerprint density at radius 3 is 2.06 bits per heavy atom. The highest BCUT2D eigenvalue weighted by Gasteiger charge is 1.95. The van der Waals surface area contributed by atoms with Crippen molar-refractivity contribution in [2.24, 2.45) is 0 Å². The minimum atomic E-state index is 0.0234. The molecule has 94 valence electrons. The summed E-state index contributed by atoms with van der Waals surface area (Å²) in [5.41, 5.74) is 8.12. The van der Waals surface area contributed by atoms with Gasteiger partial charge in [-0.05, 0) is 36.4 Å². The molecular formula is C14H16N2O2. The van der Waals surface area contributed by atoms with E-state index in [0.717, 1.165) is 17.1 Å². The number of rotatable bonds is 6. The van der Waals surface area contributed by atoms with Crippen molar-refractivity contribution in [1.29, 1.82) is 0 Å². The predicted molar refractivity (Wildman–Crippen MR) is 72.7 cm³/mol. The first-order valence-corrected chi connectivity index (χ1v) is 5.79. The van der Waals surface area contributed by atoms with Crippen LogP contribution in [0.5, 0.6) is 5.75 Å². The molecule has 0 aromatic heterocycles. The maximum atomic E-state index is 8.65. The second-order valence-corrected chi connectivity index (χ2v) is 3.71. The van der Waals surface area contributed by atoms with Crippen LogP contribution in [0.25, 0.3) is 0 Å². The molecule has 18 heavy (non-hydrogen) atoms. The standard InChI is InChI=1S/C14H16N2O2/c17-10-11-18-14-8-6-13(7-9-14)16-15-12-4-2-1-3-5-12/h1-9,15-17H,10-11H2. The van der Waals surface area contributed by atoms with E-state index in [9.17, 15) is 0 Å². The molecule has 0 amide bonds. The Balaban J connectivity index is 1.86. The minimum absolute atomic E-state index is 0.0234. The van der Waals surface area contributed by atoms with E-state index in [0.29, 0.717) is 6.61 Å². The van der Waals surface area contributed by atoms with Crippen molar-refractivity contribution < 1.29 is 9.84 Å². The number of hydrogen-bond donors (Lipinski definition) is 3. The van der Waals surface area contributed by atoms with E-state index in [1.807, 2.05) is 54.6 Å². The second-order valence-electron chi connectivity index (χ2n) is 3.71. The lowest BCUT2D eigenvalue weighted by Gasteiger charge is -2.10. The van der Waals surface area contributed by atoms with Gasteiger partial charge in [0, 0.05) is 0 Å². The first-order chi connectivity index (χ1) is 8.88. The zero-order valence-electron chi connectivity index (χ0n) is 9.97. The van der Waals surface area contributed by atoms with Crippen molar-refractivity contribution in [1.82, 2.24) is 0 Å². The molecule has 0 atom stereocenters. The highest BCUT2D eigenvalue weighted by Crippen LogP contribution is 2.16. The van der Waals surface area contributed by atoms with E-state index < -0.39 is 0 Å². The van der Waals surface area contributed by atoms with E-state index in [1.165, 1.54) is 0 Å². The molecule has 0 saturated carbocycles. The van der Waals surface area contributed by atoms with E-state index in [2.05, 4.69) is 10.9 Å². The number of nitrogens with one attached hydrogen (secondary N) is 2. The number of anilines is 2. The minimum Gasteiger partial charge on any atom is -0.491 e. The number of hydrazine groups is 1. The van der Waals surface area contributed by atoms with E-state index in [4.69, 9.17) is 9.84 Å². The third-order valence-electron chi connectivity index (χ3n) is 2.34. The lowest BCUT2D eigenvalue weighted by Crippen LogP contribution is -2.08. The van der Waals surface area contributed by atoms with E-state index >= 15 is 0 Å². The van der Waals surface area contributed by atoms with Crippen LogP contribution in [0.1, 0.15) is 0 Å². The molecule has 0 saturated heterocycles. The molecule has 2 aromatic carbocycles. The maximum absolute atomic E-state index is 8.65. The fourth-order valence-electron chi connectivity index (χ4n) is 1.46.